The second kappa shape index (κ2) is 8.12. The van der Waals surface area contributed by atoms with Gasteiger partial charge in [-0.25, -0.2) is 0 Å². The van der Waals surface area contributed by atoms with Gasteiger partial charge in [-0.3, -0.25) is 4.79 Å². The topological polar surface area (TPSA) is 41.6 Å². The highest BCUT2D eigenvalue weighted by molar-refractivity contribution is 5.73. The molecule has 1 heterocycles. The number of anilines is 1. The van der Waals surface area contributed by atoms with Gasteiger partial charge < -0.3 is 15.0 Å². The number of nitrogens with zero attached hydrogens (tertiary/aromatic N) is 1. The number of ether oxygens (including phenoxy) is 1. The van der Waals surface area contributed by atoms with Crippen LogP contribution in [0.5, 0.6) is 5.75 Å². The van der Waals surface area contributed by atoms with Gasteiger partial charge in [-0.2, -0.15) is 13.2 Å². The summed E-state index contributed by atoms with van der Waals surface area (Å²) in [6.45, 7) is 4.56. The average Bonchev–Trinajstić information content (AvgIpc) is 3.10. The lowest BCUT2D eigenvalue weighted by Gasteiger charge is -2.20. The molecule has 3 rings (SSSR count). The summed E-state index contributed by atoms with van der Waals surface area (Å²) in [6.07, 6.45) is -3.70. The minimum Gasteiger partial charge on any atom is -0.489 e. The molecule has 0 spiro atoms. The molecule has 1 N–H and O–H groups in total. The Kier molecular flexibility index (Phi) is 5.82. The number of rotatable bonds is 5. The second-order valence-corrected chi connectivity index (χ2v) is 7.01. The van der Waals surface area contributed by atoms with Crippen LogP contribution >= 0.6 is 0 Å². The summed E-state index contributed by atoms with van der Waals surface area (Å²) in [5.74, 6) is 0.614. The van der Waals surface area contributed by atoms with Crippen molar-refractivity contribution in [3.05, 3.63) is 59.7 Å². The van der Waals surface area contributed by atoms with E-state index in [9.17, 15) is 18.0 Å². The number of alkyl halides is 3. The minimum atomic E-state index is -4.35. The normalized spacial score (nSPS) is 18.0. The van der Waals surface area contributed by atoms with E-state index in [2.05, 4.69) is 5.32 Å². The number of hydrogen-bond acceptors (Lipinski definition) is 3. The predicted octanol–water partition coefficient (Wildman–Crippen LogP) is 4.56. The van der Waals surface area contributed by atoms with Crippen LogP contribution in [0.2, 0.25) is 0 Å². The van der Waals surface area contributed by atoms with Crippen LogP contribution in [0.15, 0.2) is 48.5 Å². The van der Waals surface area contributed by atoms with Crippen molar-refractivity contribution in [2.75, 3.05) is 18.0 Å². The van der Waals surface area contributed by atoms with Crippen LogP contribution in [0.4, 0.5) is 18.9 Å². The number of amides is 1. The zero-order valence-electron chi connectivity index (χ0n) is 15.8. The zero-order chi connectivity index (χ0) is 20.3. The van der Waals surface area contributed by atoms with Gasteiger partial charge in [0, 0.05) is 25.6 Å². The molecule has 1 aliphatic rings. The van der Waals surface area contributed by atoms with Gasteiger partial charge in [-0.05, 0) is 42.8 Å². The van der Waals surface area contributed by atoms with E-state index in [4.69, 9.17) is 4.74 Å². The second-order valence-electron chi connectivity index (χ2n) is 7.01. The van der Waals surface area contributed by atoms with Crippen molar-refractivity contribution in [2.45, 2.75) is 38.6 Å². The van der Waals surface area contributed by atoms with Gasteiger partial charge in [-0.1, -0.05) is 18.2 Å². The number of carbonyl (C=O) groups excluding carboxylic acids is 1. The van der Waals surface area contributed by atoms with E-state index in [0.29, 0.717) is 24.5 Å². The lowest BCUT2D eigenvalue weighted by molar-refractivity contribution is -0.137. The lowest BCUT2D eigenvalue weighted by Crippen LogP contribution is -2.25. The first-order valence-corrected chi connectivity index (χ1v) is 9.18. The highest BCUT2D eigenvalue weighted by atomic mass is 19.4. The molecular formula is C21H23F3N2O2. The molecule has 1 amide bonds. The van der Waals surface area contributed by atoms with Gasteiger partial charge in [-0.15, -0.1) is 0 Å². The summed E-state index contributed by atoms with van der Waals surface area (Å²) in [4.78, 5) is 13.1. The third-order valence-corrected chi connectivity index (χ3v) is 4.79. The summed E-state index contributed by atoms with van der Waals surface area (Å²) in [6, 6.07) is 12.8. The Bertz CT molecular complexity index is 821. The van der Waals surface area contributed by atoms with Crippen molar-refractivity contribution in [3.8, 4) is 5.75 Å². The van der Waals surface area contributed by atoms with Crippen LogP contribution < -0.4 is 15.0 Å². The van der Waals surface area contributed by atoms with E-state index in [1.165, 1.54) is 19.1 Å². The lowest BCUT2D eigenvalue weighted by atomic mass is 10.1. The molecule has 4 nitrogen and oxygen atoms in total. The van der Waals surface area contributed by atoms with Crippen molar-refractivity contribution in [3.63, 3.8) is 0 Å². The molecule has 2 aromatic carbocycles. The molecule has 0 saturated carbocycles. The molecular weight excluding hydrogens is 369 g/mol. The first-order valence-electron chi connectivity index (χ1n) is 9.18. The fraction of sp³-hybridized carbons (Fsp3) is 0.381. The Morgan fingerprint density at radius 2 is 1.93 bits per heavy atom. The highest BCUT2D eigenvalue weighted by Gasteiger charge is 2.32. The number of carbonyl (C=O) groups is 1. The average molecular weight is 392 g/mol. The van der Waals surface area contributed by atoms with Gasteiger partial charge in [0.05, 0.1) is 18.2 Å². The fourth-order valence-corrected chi connectivity index (χ4v) is 3.35. The fourth-order valence-electron chi connectivity index (χ4n) is 3.35. The molecule has 2 aromatic rings. The monoisotopic (exact) mass is 392 g/mol. The number of nitrogens with one attached hydrogen (secondary N) is 1. The van der Waals surface area contributed by atoms with Gasteiger partial charge in [0.1, 0.15) is 11.9 Å². The maximum absolute atomic E-state index is 12.9. The summed E-state index contributed by atoms with van der Waals surface area (Å²) >= 11 is 0. The predicted molar refractivity (Wildman–Crippen MR) is 101 cm³/mol. The SMILES string of the molecule is CC(=O)NC(C)c1ccc(OC2CCN(c3cccc(C(F)(F)F)c3)C2)cc1. The molecule has 0 aliphatic carbocycles. The quantitative estimate of drug-likeness (QED) is 0.811. The van der Waals surface area contributed by atoms with Gasteiger partial charge in [0.25, 0.3) is 0 Å². The first-order chi connectivity index (χ1) is 13.2. The van der Waals surface area contributed by atoms with Crippen LogP contribution in [0, 0.1) is 0 Å². The Morgan fingerprint density at radius 1 is 1.21 bits per heavy atom. The minimum absolute atomic E-state index is 0.0885. The van der Waals surface area contributed by atoms with Crippen LogP contribution in [0.25, 0.3) is 0 Å². The van der Waals surface area contributed by atoms with E-state index in [-0.39, 0.29) is 18.1 Å². The number of hydrogen-bond donors (Lipinski definition) is 1. The molecule has 1 aliphatic heterocycles. The molecule has 0 radical (unpaired) electrons. The molecule has 0 bridgehead atoms. The van der Waals surface area contributed by atoms with Crippen molar-refractivity contribution in [2.24, 2.45) is 0 Å². The summed E-state index contributed by atoms with van der Waals surface area (Å²) in [7, 11) is 0. The summed E-state index contributed by atoms with van der Waals surface area (Å²) < 4.78 is 44.7. The molecule has 2 unspecified atom stereocenters. The largest absolute Gasteiger partial charge is 0.489 e. The summed E-state index contributed by atoms with van der Waals surface area (Å²) in [5, 5.41) is 2.82. The van der Waals surface area contributed by atoms with Crippen molar-refractivity contribution in [1.29, 1.82) is 0 Å². The Morgan fingerprint density at radius 3 is 2.57 bits per heavy atom. The Hall–Kier alpha value is -2.70. The third kappa shape index (κ3) is 4.97. The first kappa shape index (κ1) is 20.0. The third-order valence-electron chi connectivity index (χ3n) is 4.79. The van der Waals surface area contributed by atoms with Crippen LogP contribution in [0.1, 0.15) is 37.4 Å². The van der Waals surface area contributed by atoms with E-state index >= 15 is 0 Å². The van der Waals surface area contributed by atoms with Gasteiger partial charge >= 0.3 is 6.18 Å². The van der Waals surface area contributed by atoms with Crippen molar-refractivity contribution in [1.82, 2.24) is 5.32 Å². The summed E-state index contributed by atoms with van der Waals surface area (Å²) in [5.41, 5.74) is 0.887. The Balaban J connectivity index is 1.60. The maximum atomic E-state index is 12.9. The van der Waals surface area contributed by atoms with Crippen LogP contribution in [-0.4, -0.2) is 25.1 Å². The molecule has 7 heteroatoms. The standard InChI is InChI=1S/C21H23F3N2O2/c1-14(25-15(2)27)16-6-8-19(9-7-16)28-20-10-11-26(13-20)18-5-3-4-17(12-18)21(22,23)24/h3-9,12,14,20H,10-11,13H2,1-2H3,(H,25,27). The van der Waals surface area contributed by atoms with Crippen molar-refractivity contribution < 1.29 is 22.7 Å². The van der Waals surface area contributed by atoms with Crippen LogP contribution in [-0.2, 0) is 11.0 Å². The maximum Gasteiger partial charge on any atom is 0.416 e. The van der Waals surface area contributed by atoms with Gasteiger partial charge in [0.15, 0.2) is 0 Å². The van der Waals surface area contributed by atoms with Crippen molar-refractivity contribution >= 4 is 11.6 Å². The number of halogens is 3. The molecule has 2 atom stereocenters. The Labute approximate surface area is 162 Å². The van der Waals surface area contributed by atoms with Gasteiger partial charge in [0.2, 0.25) is 5.91 Å². The highest BCUT2D eigenvalue weighted by Crippen LogP contribution is 2.33. The van der Waals surface area contributed by atoms with E-state index in [1.54, 1.807) is 6.07 Å². The zero-order valence-corrected chi connectivity index (χ0v) is 15.8. The molecule has 1 fully saturated rings. The molecule has 0 aromatic heterocycles. The van der Waals surface area contributed by atoms with E-state index in [1.807, 2.05) is 36.1 Å². The van der Waals surface area contributed by atoms with E-state index < -0.39 is 11.7 Å². The molecule has 1 saturated heterocycles. The van der Waals surface area contributed by atoms with E-state index in [0.717, 1.165) is 18.1 Å². The number of benzene rings is 2. The molecule has 150 valence electrons. The van der Waals surface area contributed by atoms with Crippen LogP contribution in [0.3, 0.4) is 0 Å². The smallest absolute Gasteiger partial charge is 0.416 e. The molecule has 28 heavy (non-hydrogen) atoms.